The summed E-state index contributed by atoms with van der Waals surface area (Å²) in [5.74, 6) is -0.00370. The molecule has 5 heteroatoms. The van der Waals surface area contributed by atoms with Crippen molar-refractivity contribution < 1.29 is 14.6 Å². The van der Waals surface area contributed by atoms with Crippen LogP contribution in [0.2, 0.25) is 5.02 Å². The van der Waals surface area contributed by atoms with Crippen molar-refractivity contribution in [1.82, 2.24) is 0 Å². The summed E-state index contributed by atoms with van der Waals surface area (Å²) in [4.78, 5) is 12.6. The molecule has 0 saturated carbocycles. The molecule has 2 N–H and O–H groups in total. The minimum atomic E-state index is -0.450. The second kappa shape index (κ2) is 8.60. The average Bonchev–Trinajstić information content (AvgIpc) is 2.66. The molecule has 1 amide bonds. The number of halogens is 1. The normalized spacial score (nSPS) is 10.4. The zero-order valence-electron chi connectivity index (χ0n) is 14.9. The van der Waals surface area contributed by atoms with E-state index in [1.807, 2.05) is 55.5 Å². The first-order valence-corrected chi connectivity index (χ1v) is 8.98. The minimum Gasteiger partial charge on any atom is -0.507 e. The van der Waals surface area contributed by atoms with Gasteiger partial charge in [-0.1, -0.05) is 48.0 Å². The zero-order valence-corrected chi connectivity index (χ0v) is 15.7. The van der Waals surface area contributed by atoms with E-state index < -0.39 is 5.91 Å². The van der Waals surface area contributed by atoms with E-state index in [2.05, 4.69) is 5.32 Å². The standard InChI is InChI=1S/C22H20ClNO3/c1-15-7-10-21(27-12-11-16-5-3-2-4-6-16)19(13-15)24-22(26)18-14-17(23)8-9-20(18)25/h2-10,13-14,25H,11-12H2,1H3,(H,24,26). The number of aryl methyl sites for hydroxylation is 1. The number of phenols is 1. The third kappa shape index (κ3) is 5.02. The number of benzene rings is 3. The quantitative estimate of drug-likeness (QED) is 0.614. The molecule has 0 aliphatic heterocycles. The van der Waals surface area contributed by atoms with Gasteiger partial charge in [-0.2, -0.15) is 0 Å². The summed E-state index contributed by atoms with van der Waals surface area (Å²) in [5.41, 5.74) is 2.82. The molecule has 0 aliphatic rings. The van der Waals surface area contributed by atoms with Gasteiger partial charge in [-0.15, -0.1) is 0 Å². The number of carbonyl (C=O) groups is 1. The van der Waals surface area contributed by atoms with E-state index in [4.69, 9.17) is 16.3 Å². The Labute approximate surface area is 163 Å². The molecule has 0 aromatic heterocycles. The Morgan fingerprint density at radius 2 is 1.85 bits per heavy atom. The number of phenolic OH excluding ortho intramolecular Hbond substituents is 1. The number of aromatic hydroxyl groups is 1. The predicted molar refractivity (Wildman–Crippen MR) is 108 cm³/mol. The molecule has 4 nitrogen and oxygen atoms in total. The van der Waals surface area contributed by atoms with Crippen molar-refractivity contribution in [2.75, 3.05) is 11.9 Å². The SMILES string of the molecule is Cc1ccc(OCCc2ccccc2)c(NC(=O)c2cc(Cl)ccc2O)c1. The summed E-state index contributed by atoms with van der Waals surface area (Å²) >= 11 is 5.93. The van der Waals surface area contributed by atoms with Crippen molar-refractivity contribution in [2.24, 2.45) is 0 Å². The molecule has 0 unspecified atom stereocenters. The maximum Gasteiger partial charge on any atom is 0.259 e. The molecule has 3 rings (SSSR count). The minimum absolute atomic E-state index is 0.110. The number of rotatable bonds is 6. The highest BCUT2D eigenvalue weighted by Crippen LogP contribution is 2.28. The highest BCUT2D eigenvalue weighted by atomic mass is 35.5. The van der Waals surface area contributed by atoms with Crippen LogP contribution in [0.1, 0.15) is 21.5 Å². The van der Waals surface area contributed by atoms with Crippen LogP contribution in [0.4, 0.5) is 5.69 Å². The molecular formula is C22H20ClNO3. The molecule has 0 aliphatic carbocycles. The first kappa shape index (κ1) is 18.8. The van der Waals surface area contributed by atoms with Gasteiger partial charge in [0.15, 0.2) is 0 Å². The van der Waals surface area contributed by atoms with Crippen molar-refractivity contribution in [3.8, 4) is 11.5 Å². The van der Waals surface area contributed by atoms with Gasteiger partial charge in [0, 0.05) is 11.4 Å². The van der Waals surface area contributed by atoms with Crippen molar-refractivity contribution in [3.63, 3.8) is 0 Å². The fourth-order valence-corrected chi connectivity index (χ4v) is 2.84. The van der Waals surface area contributed by atoms with Gasteiger partial charge in [0.2, 0.25) is 0 Å². The maximum absolute atomic E-state index is 12.6. The van der Waals surface area contributed by atoms with Gasteiger partial charge < -0.3 is 15.2 Å². The lowest BCUT2D eigenvalue weighted by Crippen LogP contribution is -2.14. The van der Waals surface area contributed by atoms with Crippen LogP contribution in [0.15, 0.2) is 66.7 Å². The number of anilines is 1. The van der Waals surface area contributed by atoms with Crippen LogP contribution in [-0.4, -0.2) is 17.6 Å². The number of hydrogen-bond acceptors (Lipinski definition) is 3. The molecule has 0 radical (unpaired) electrons. The summed E-state index contributed by atoms with van der Waals surface area (Å²) in [6.07, 6.45) is 0.761. The lowest BCUT2D eigenvalue weighted by atomic mass is 10.1. The Hall–Kier alpha value is -2.98. The van der Waals surface area contributed by atoms with Crippen LogP contribution in [-0.2, 0) is 6.42 Å². The Morgan fingerprint density at radius 3 is 2.63 bits per heavy atom. The molecule has 0 atom stereocenters. The van der Waals surface area contributed by atoms with Gasteiger partial charge in [0.05, 0.1) is 17.9 Å². The van der Waals surface area contributed by atoms with Crippen LogP contribution in [0, 0.1) is 6.92 Å². The van der Waals surface area contributed by atoms with Crippen LogP contribution in [0.5, 0.6) is 11.5 Å². The highest BCUT2D eigenvalue weighted by Gasteiger charge is 2.14. The second-order valence-electron chi connectivity index (χ2n) is 6.20. The van der Waals surface area contributed by atoms with Gasteiger partial charge in [-0.25, -0.2) is 0 Å². The van der Waals surface area contributed by atoms with Crippen LogP contribution >= 0.6 is 11.6 Å². The third-order valence-corrected chi connectivity index (χ3v) is 4.31. The molecule has 0 spiro atoms. The van der Waals surface area contributed by atoms with Crippen molar-refractivity contribution in [3.05, 3.63) is 88.4 Å². The topological polar surface area (TPSA) is 58.6 Å². The van der Waals surface area contributed by atoms with E-state index >= 15 is 0 Å². The Bertz CT molecular complexity index is 942. The molecule has 3 aromatic rings. The van der Waals surface area contributed by atoms with E-state index in [0.29, 0.717) is 23.1 Å². The Balaban J connectivity index is 1.73. The summed E-state index contributed by atoms with van der Waals surface area (Å²) in [5, 5.41) is 13.1. The van der Waals surface area contributed by atoms with Gasteiger partial charge in [-0.3, -0.25) is 4.79 Å². The fourth-order valence-electron chi connectivity index (χ4n) is 2.67. The molecule has 27 heavy (non-hydrogen) atoms. The average molecular weight is 382 g/mol. The molecule has 0 saturated heterocycles. The number of nitrogens with one attached hydrogen (secondary N) is 1. The zero-order chi connectivity index (χ0) is 19.2. The summed E-state index contributed by atoms with van der Waals surface area (Å²) in [7, 11) is 0. The first-order chi connectivity index (χ1) is 13.0. The van der Waals surface area contributed by atoms with Gasteiger partial charge in [-0.05, 0) is 48.4 Å². The third-order valence-electron chi connectivity index (χ3n) is 4.08. The van der Waals surface area contributed by atoms with Gasteiger partial charge in [0.25, 0.3) is 5.91 Å². The van der Waals surface area contributed by atoms with Crippen molar-refractivity contribution in [1.29, 1.82) is 0 Å². The van der Waals surface area contributed by atoms with Crippen molar-refractivity contribution in [2.45, 2.75) is 13.3 Å². The fraction of sp³-hybridized carbons (Fsp3) is 0.136. The Kier molecular flexibility index (Phi) is 5.99. The molecule has 3 aromatic carbocycles. The summed E-state index contributed by atoms with van der Waals surface area (Å²) < 4.78 is 5.88. The van der Waals surface area contributed by atoms with E-state index in [1.165, 1.54) is 23.8 Å². The molecule has 138 valence electrons. The van der Waals surface area contributed by atoms with E-state index in [0.717, 1.165) is 12.0 Å². The summed E-state index contributed by atoms with van der Waals surface area (Å²) in [6.45, 7) is 2.42. The number of ether oxygens (including phenoxy) is 1. The Morgan fingerprint density at radius 1 is 1.07 bits per heavy atom. The number of carbonyl (C=O) groups excluding carboxylic acids is 1. The van der Waals surface area contributed by atoms with Crippen molar-refractivity contribution >= 4 is 23.2 Å². The van der Waals surface area contributed by atoms with Gasteiger partial charge in [0.1, 0.15) is 11.5 Å². The number of amides is 1. The van der Waals surface area contributed by atoms with E-state index in [-0.39, 0.29) is 11.3 Å². The lowest BCUT2D eigenvalue weighted by Gasteiger charge is -2.14. The molecular weight excluding hydrogens is 362 g/mol. The van der Waals surface area contributed by atoms with Crippen LogP contribution in [0.25, 0.3) is 0 Å². The molecule has 0 bridgehead atoms. The maximum atomic E-state index is 12.6. The van der Waals surface area contributed by atoms with E-state index in [1.54, 1.807) is 0 Å². The first-order valence-electron chi connectivity index (χ1n) is 8.60. The highest BCUT2D eigenvalue weighted by molar-refractivity contribution is 6.31. The molecule has 0 fully saturated rings. The second-order valence-corrected chi connectivity index (χ2v) is 6.64. The van der Waals surface area contributed by atoms with E-state index in [9.17, 15) is 9.90 Å². The largest absolute Gasteiger partial charge is 0.507 e. The smallest absolute Gasteiger partial charge is 0.259 e. The lowest BCUT2D eigenvalue weighted by molar-refractivity contribution is 0.102. The number of hydrogen-bond donors (Lipinski definition) is 2. The monoisotopic (exact) mass is 381 g/mol. The summed E-state index contributed by atoms with van der Waals surface area (Å²) in [6, 6.07) is 20.0. The van der Waals surface area contributed by atoms with Crippen LogP contribution < -0.4 is 10.1 Å². The van der Waals surface area contributed by atoms with Gasteiger partial charge >= 0.3 is 0 Å². The van der Waals surface area contributed by atoms with Crippen LogP contribution in [0.3, 0.4) is 0 Å². The predicted octanol–water partition coefficient (Wildman–Crippen LogP) is 5.23. The molecule has 0 heterocycles.